The van der Waals surface area contributed by atoms with Crippen LogP contribution in [-0.4, -0.2) is 12.1 Å². The number of hydrogen-bond donors (Lipinski definition) is 1. The molecule has 0 aliphatic carbocycles. The van der Waals surface area contributed by atoms with Gasteiger partial charge in [-0.1, -0.05) is 50.0 Å². The summed E-state index contributed by atoms with van der Waals surface area (Å²) in [6, 6.07) is 5.73. The summed E-state index contributed by atoms with van der Waals surface area (Å²) in [4.78, 5) is 0. The fourth-order valence-electron chi connectivity index (χ4n) is 2.09. The standard InChI is InChI=1S/C17H27Cl2N/c1-16(2,3)12(11-20-17(4,5)6)10-13-14(18)8-7-9-15(13)19/h7-9,12,20H,10-11H2,1-6H3. The number of nitrogens with one attached hydrogen (secondary N) is 1. The molecule has 0 aliphatic rings. The molecule has 114 valence electrons. The normalized spacial score (nSPS) is 14.4. The molecule has 1 aromatic carbocycles. The van der Waals surface area contributed by atoms with Crippen LogP contribution in [0.15, 0.2) is 18.2 Å². The van der Waals surface area contributed by atoms with Crippen LogP contribution in [0.3, 0.4) is 0 Å². The zero-order chi connectivity index (χ0) is 15.6. The Morgan fingerprint density at radius 2 is 1.50 bits per heavy atom. The van der Waals surface area contributed by atoms with Gasteiger partial charge in [0.15, 0.2) is 0 Å². The second-order valence-corrected chi connectivity index (χ2v) is 8.41. The van der Waals surface area contributed by atoms with Crippen LogP contribution in [0.1, 0.15) is 47.1 Å². The van der Waals surface area contributed by atoms with Gasteiger partial charge in [-0.05, 0) is 62.8 Å². The van der Waals surface area contributed by atoms with Crippen LogP contribution < -0.4 is 5.32 Å². The molecule has 1 nitrogen and oxygen atoms in total. The van der Waals surface area contributed by atoms with Crippen LogP contribution >= 0.6 is 23.2 Å². The summed E-state index contributed by atoms with van der Waals surface area (Å²) >= 11 is 12.6. The van der Waals surface area contributed by atoms with Crippen LogP contribution in [0.5, 0.6) is 0 Å². The lowest BCUT2D eigenvalue weighted by atomic mass is 9.77. The van der Waals surface area contributed by atoms with Crippen molar-refractivity contribution in [1.29, 1.82) is 0 Å². The van der Waals surface area contributed by atoms with Crippen molar-refractivity contribution >= 4 is 23.2 Å². The quantitative estimate of drug-likeness (QED) is 0.764. The number of benzene rings is 1. The predicted octanol–water partition coefficient (Wildman–Crippen LogP) is 5.59. The SMILES string of the molecule is CC(C)(C)NCC(Cc1c(Cl)cccc1Cl)C(C)(C)C. The van der Waals surface area contributed by atoms with E-state index in [1.165, 1.54) is 0 Å². The molecule has 1 aromatic rings. The van der Waals surface area contributed by atoms with E-state index >= 15 is 0 Å². The van der Waals surface area contributed by atoms with Gasteiger partial charge in [0.25, 0.3) is 0 Å². The minimum absolute atomic E-state index is 0.119. The highest BCUT2D eigenvalue weighted by molar-refractivity contribution is 6.35. The first-order chi connectivity index (χ1) is 9.00. The molecule has 0 radical (unpaired) electrons. The van der Waals surface area contributed by atoms with Gasteiger partial charge >= 0.3 is 0 Å². The van der Waals surface area contributed by atoms with Gasteiger partial charge in [-0.25, -0.2) is 0 Å². The van der Waals surface area contributed by atoms with E-state index in [1.54, 1.807) is 0 Å². The maximum absolute atomic E-state index is 6.31. The van der Waals surface area contributed by atoms with Gasteiger partial charge < -0.3 is 5.32 Å². The highest BCUT2D eigenvalue weighted by Crippen LogP contribution is 2.34. The highest BCUT2D eigenvalue weighted by atomic mass is 35.5. The lowest BCUT2D eigenvalue weighted by Gasteiger charge is -2.34. The number of halogens is 2. The molecule has 0 amide bonds. The lowest BCUT2D eigenvalue weighted by molar-refractivity contribution is 0.214. The van der Waals surface area contributed by atoms with E-state index in [1.807, 2.05) is 18.2 Å². The molecule has 20 heavy (non-hydrogen) atoms. The molecule has 0 aromatic heterocycles. The average Bonchev–Trinajstić information content (AvgIpc) is 2.24. The summed E-state index contributed by atoms with van der Waals surface area (Å²) in [5, 5.41) is 5.13. The van der Waals surface area contributed by atoms with Crippen molar-refractivity contribution in [2.24, 2.45) is 11.3 Å². The summed E-state index contributed by atoms with van der Waals surface area (Å²) in [5.41, 5.74) is 1.38. The molecule has 0 heterocycles. The molecule has 0 saturated carbocycles. The molecular weight excluding hydrogens is 289 g/mol. The maximum atomic E-state index is 6.31. The van der Waals surface area contributed by atoms with Crippen LogP contribution in [0, 0.1) is 11.3 Å². The second kappa shape index (κ2) is 6.68. The van der Waals surface area contributed by atoms with Crippen LogP contribution in [0.2, 0.25) is 10.0 Å². The van der Waals surface area contributed by atoms with Gasteiger partial charge in [0, 0.05) is 15.6 Å². The summed E-state index contributed by atoms with van der Waals surface area (Å²) in [7, 11) is 0. The van der Waals surface area contributed by atoms with Crippen molar-refractivity contribution in [3.63, 3.8) is 0 Å². The molecule has 1 unspecified atom stereocenters. The van der Waals surface area contributed by atoms with E-state index in [4.69, 9.17) is 23.2 Å². The lowest BCUT2D eigenvalue weighted by Crippen LogP contribution is -2.42. The third-order valence-electron chi connectivity index (χ3n) is 3.62. The molecule has 0 saturated heterocycles. The fourth-order valence-corrected chi connectivity index (χ4v) is 2.64. The molecule has 0 aliphatic heterocycles. The average molecular weight is 316 g/mol. The van der Waals surface area contributed by atoms with Crippen LogP contribution in [0.25, 0.3) is 0 Å². The van der Waals surface area contributed by atoms with E-state index in [-0.39, 0.29) is 11.0 Å². The number of hydrogen-bond acceptors (Lipinski definition) is 1. The highest BCUT2D eigenvalue weighted by Gasteiger charge is 2.27. The van der Waals surface area contributed by atoms with Crippen LogP contribution in [-0.2, 0) is 6.42 Å². The smallest absolute Gasteiger partial charge is 0.0452 e. The second-order valence-electron chi connectivity index (χ2n) is 7.60. The Morgan fingerprint density at radius 1 is 1.00 bits per heavy atom. The zero-order valence-corrected chi connectivity index (χ0v) is 15.0. The first kappa shape index (κ1) is 17.8. The largest absolute Gasteiger partial charge is 0.312 e. The van der Waals surface area contributed by atoms with Gasteiger partial charge in [0.1, 0.15) is 0 Å². The molecule has 0 spiro atoms. The van der Waals surface area contributed by atoms with Gasteiger partial charge in [-0.3, -0.25) is 0 Å². The molecular formula is C17H27Cl2N. The van der Waals surface area contributed by atoms with Gasteiger partial charge in [0.2, 0.25) is 0 Å². The molecule has 0 bridgehead atoms. The molecule has 1 atom stereocenters. The molecule has 1 N–H and O–H groups in total. The fraction of sp³-hybridized carbons (Fsp3) is 0.647. The molecule has 1 rings (SSSR count). The minimum Gasteiger partial charge on any atom is -0.312 e. The van der Waals surface area contributed by atoms with E-state index < -0.39 is 0 Å². The number of rotatable bonds is 4. The zero-order valence-electron chi connectivity index (χ0n) is 13.5. The van der Waals surface area contributed by atoms with Crippen molar-refractivity contribution < 1.29 is 0 Å². The Balaban J connectivity index is 2.91. The predicted molar refractivity (Wildman–Crippen MR) is 90.9 cm³/mol. The van der Waals surface area contributed by atoms with Gasteiger partial charge in [-0.15, -0.1) is 0 Å². The van der Waals surface area contributed by atoms with Gasteiger partial charge in [0.05, 0.1) is 0 Å². The van der Waals surface area contributed by atoms with E-state index in [0.29, 0.717) is 5.92 Å². The Hall–Kier alpha value is -0.240. The van der Waals surface area contributed by atoms with E-state index in [0.717, 1.165) is 28.6 Å². The van der Waals surface area contributed by atoms with Crippen molar-refractivity contribution in [3.8, 4) is 0 Å². The summed E-state index contributed by atoms with van der Waals surface area (Å²) in [6.07, 6.45) is 0.894. The molecule has 0 fully saturated rings. The van der Waals surface area contributed by atoms with Crippen molar-refractivity contribution in [2.45, 2.75) is 53.5 Å². The van der Waals surface area contributed by atoms with Gasteiger partial charge in [-0.2, -0.15) is 0 Å². The monoisotopic (exact) mass is 315 g/mol. The topological polar surface area (TPSA) is 12.0 Å². The van der Waals surface area contributed by atoms with Crippen molar-refractivity contribution in [3.05, 3.63) is 33.8 Å². The van der Waals surface area contributed by atoms with Crippen molar-refractivity contribution in [1.82, 2.24) is 5.32 Å². The third kappa shape index (κ3) is 5.63. The first-order valence-electron chi connectivity index (χ1n) is 7.18. The van der Waals surface area contributed by atoms with E-state index in [2.05, 4.69) is 46.9 Å². The first-order valence-corrected chi connectivity index (χ1v) is 7.94. The van der Waals surface area contributed by atoms with Crippen molar-refractivity contribution in [2.75, 3.05) is 6.54 Å². The Labute approximate surface area is 134 Å². The van der Waals surface area contributed by atoms with Crippen LogP contribution in [0.4, 0.5) is 0 Å². The Bertz CT molecular complexity index is 421. The molecule has 3 heteroatoms. The maximum Gasteiger partial charge on any atom is 0.0452 e. The Morgan fingerprint density at radius 3 is 1.90 bits per heavy atom. The third-order valence-corrected chi connectivity index (χ3v) is 4.32. The minimum atomic E-state index is 0.119. The summed E-state index contributed by atoms with van der Waals surface area (Å²) in [6.45, 7) is 14.3. The Kier molecular flexibility index (Phi) is 5.95. The van der Waals surface area contributed by atoms with E-state index in [9.17, 15) is 0 Å². The summed E-state index contributed by atoms with van der Waals surface area (Å²) < 4.78 is 0. The summed E-state index contributed by atoms with van der Waals surface area (Å²) in [5.74, 6) is 0.471.